The second-order valence-electron chi connectivity index (χ2n) is 4.69. The van der Waals surface area contributed by atoms with E-state index in [1.807, 2.05) is 0 Å². The highest BCUT2D eigenvalue weighted by Gasteiger charge is 2.19. The molecule has 0 saturated heterocycles. The maximum Gasteiger partial charge on any atom is 0.00104 e. The van der Waals surface area contributed by atoms with Crippen molar-refractivity contribution in [3.8, 4) is 0 Å². The SMILES string of the molecule is CC(C)NCC1CCC(CN)CC1. The van der Waals surface area contributed by atoms with Crippen LogP contribution in [0.4, 0.5) is 0 Å². The van der Waals surface area contributed by atoms with Gasteiger partial charge in [0.05, 0.1) is 0 Å². The molecule has 1 rings (SSSR count). The van der Waals surface area contributed by atoms with Gasteiger partial charge >= 0.3 is 0 Å². The van der Waals surface area contributed by atoms with Gasteiger partial charge in [-0.3, -0.25) is 0 Å². The molecular weight excluding hydrogens is 160 g/mol. The first-order valence-electron chi connectivity index (χ1n) is 5.65. The lowest BCUT2D eigenvalue weighted by molar-refractivity contribution is 0.268. The van der Waals surface area contributed by atoms with Crippen molar-refractivity contribution in [1.29, 1.82) is 0 Å². The number of rotatable bonds is 4. The molecule has 0 unspecified atom stereocenters. The highest BCUT2D eigenvalue weighted by molar-refractivity contribution is 4.74. The van der Waals surface area contributed by atoms with Crippen LogP contribution in [0, 0.1) is 11.8 Å². The van der Waals surface area contributed by atoms with Gasteiger partial charge in [0, 0.05) is 6.04 Å². The molecule has 3 N–H and O–H groups in total. The topological polar surface area (TPSA) is 38.0 Å². The summed E-state index contributed by atoms with van der Waals surface area (Å²) >= 11 is 0. The van der Waals surface area contributed by atoms with E-state index in [0.29, 0.717) is 6.04 Å². The van der Waals surface area contributed by atoms with Crippen LogP contribution < -0.4 is 11.1 Å². The highest BCUT2D eigenvalue weighted by atomic mass is 14.9. The average molecular weight is 184 g/mol. The normalized spacial score (nSPS) is 29.5. The first kappa shape index (κ1) is 11.0. The van der Waals surface area contributed by atoms with E-state index in [0.717, 1.165) is 18.4 Å². The van der Waals surface area contributed by atoms with Gasteiger partial charge < -0.3 is 11.1 Å². The van der Waals surface area contributed by atoms with Crippen molar-refractivity contribution in [1.82, 2.24) is 5.32 Å². The highest BCUT2D eigenvalue weighted by Crippen LogP contribution is 2.27. The zero-order valence-electron chi connectivity index (χ0n) is 9.05. The Morgan fingerprint density at radius 2 is 1.69 bits per heavy atom. The Hall–Kier alpha value is -0.0800. The third-order valence-corrected chi connectivity index (χ3v) is 3.11. The van der Waals surface area contributed by atoms with E-state index in [-0.39, 0.29) is 0 Å². The summed E-state index contributed by atoms with van der Waals surface area (Å²) in [5, 5.41) is 3.52. The van der Waals surface area contributed by atoms with Crippen LogP contribution in [0.1, 0.15) is 39.5 Å². The number of nitrogens with one attached hydrogen (secondary N) is 1. The zero-order valence-corrected chi connectivity index (χ0v) is 9.05. The van der Waals surface area contributed by atoms with E-state index in [4.69, 9.17) is 5.73 Å². The standard InChI is InChI=1S/C11H24N2/c1-9(2)13-8-11-5-3-10(7-12)4-6-11/h9-11,13H,3-8,12H2,1-2H3. The van der Waals surface area contributed by atoms with Crippen molar-refractivity contribution < 1.29 is 0 Å². The third kappa shape index (κ3) is 4.10. The molecule has 0 aromatic heterocycles. The summed E-state index contributed by atoms with van der Waals surface area (Å²) in [6.45, 7) is 6.52. The van der Waals surface area contributed by atoms with Crippen molar-refractivity contribution >= 4 is 0 Å². The van der Waals surface area contributed by atoms with Gasteiger partial charge in [-0.1, -0.05) is 13.8 Å². The lowest BCUT2D eigenvalue weighted by atomic mass is 9.82. The Morgan fingerprint density at radius 1 is 1.15 bits per heavy atom. The van der Waals surface area contributed by atoms with E-state index < -0.39 is 0 Å². The third-order valence-electron chi connectivity index (χ3n) is 3.11. The van der Waals surface area contributed by atoms with Gasteiger partial charge in [0.2, 0.25) is 0 Å². The van der Waals surface area contributed by atoms with Crippen LogP contribution in [0.15, 0.2) is 0 Å². The summed E-state index contributed by atoms with van der Waals surface area (Å²) in [6, 6.07) is 0.632. The van der Waals surface area contributed by atoms with Gasteiger partial charge in [-0.25, -0.2) is 0 Å². The summed E-state index contributed by atoms with van der Waals surface area (Å²) in [5.41, 5.74) is 5.66. The molecule has 0 aromatic carbocycles. The van der Waals surface area contributed by atoms with Gasteiger partial charge in [-0.05, 0) is 50.6 Å². The second kappa shape index (κ2) is 5.61. The van der Waals surface area contributed by atoms with E-state index in [1.165, 1.54) is 32.2 Å². The molecule has 0 aliphatic heterocycles. The minimum atomic E-state index is 0.632. The molecule has 78 valence electrons. The molecular formula is C11H24N2. The Labute approximate surface area is 82.3 Å². The van der Waals surface area contributed by atoms with Crippen LogP contribution >= 0.6 is 0 Å². The number of nitrogens with two attached hydrogens (primary N) is 1. The monoisotopic (exact) mass is 184 g/mol. The molecule has 1 aliphatic rings. The summed E-state index contributed by atoms with van der Waals surface area (Å²) in [6.07, 6.45) is 5.45. The smallest absolute Gasteiger partial charge is 0.00104 e. The molecule has 0 heterocycles. The molecule has 0 spiro atoms. The van der Waals surface area contributed by atoms with Crippen LogP contribution in [-0.4, -0.2) is 19.1 Å². The van der Waals surface area contributed by atoms with E-state index in [9.17, 15) is 0 Å². The fourth-order valence-electron chi connectivity index (χ4n) is 2.07. The van der Waals surface area contributed by atoms with Crippen molar-refractivity contribution in [2.24, 2.45) is 17.6 Å². The quantitative estimate of drug-likeness (QED) is 0.698. The van der Waals surface area contributed by atoms with Crippen LogP contribution in [0.5, 0.6) is 0 Å². The average Bonchev–Trinajstić information content (AvgIpc) is 2.15. The van der Waals surface area contributed by atoms with E-state index >= 15 is 0 Å². The Bertz CT molecular complexity index is 126. The molecule has 0 amide bonds. The maximum atomic E-state index is 5.66. The van der Waals surface area contributed by atoms with Crippen molar-refractivity contribution in [2.45, 2.75) is 45.6 Å². The van der Waals surface area contributed by atoms with Gasteiger partial charge in [-0.15, -0.1) is 0 Å². The number of hydrogen-bond acceptors (Lipinski definition) is 2. The van der Waals surface area contributed by atoms with Crippen molar-refractivity contribution in [3.63, 3.8) is 0 Å². The first-order valence-corrected chi connectivity index (χ1v) is 5.65. The summed E-state index contributed by atoms with van der Waals surface area (Å²) < 4.78 is 0. The van der Waals surface area contributed by atoms with Crippen LogP contribution in [0.3, 0.4) is 0 Å². The lowest BCUT2D eigenvalue weighted by Gasteiger charge is -2.28. The fraction of sp³-hybridized carbons (Fsp3) is 1.00. The maximum absolute atomic E-state index is 5.66. The molecule has 13 heavy (non-hydrogen) atoms. The minimum Gasteiger partial charge on any atom is -0.330 e. The first-order chi connectivity index (χ1) is 6.22. The van der Waals surface area contributed by atoms with Gasteiger partial charge in [0.1, 0.15) is 0 Å². The molecule has 2 heteroatoms. The van der Waals surface area contributed by atoms with E-state index in [2.05, 4.69) is 19.2 Å². The molecule has 1 saturated carbocycles. The van der Waals surface area contributed by atoms with Crippen LogP contribution in [-0.2, 0) is 0 Å². The zero-order chi connectivity index (χ0) is 9.68. The summed E-state index contributed by atoms with van der Waals surface area (Å²) in [5.74, 6) is 1.72. The minimum absolute atomic E-state index is 0.632. The van der Waals surface area contributed by atoms with E-state index in [1.54, 1.807) is 0 Å². The Balaban J connectivity index is 2.10. The largest absolute Gasteiger partial charge is 0.330 e. The predicted octanol–water partition coefficient (Wildman–Crippen LogP) is 1.75. The van der Waals surface area contributed by atoms with Crippen LogP contribution in [0.2, 0.25) is 0 Å². The molecule has 0 atom stereocenters. The van der Waals surface area contributed by atoms with Gasteiger partial charge in [0.25, 0.3) is 0 Å². The Kier molecular flexibility index (Phi) is 4.74. The predicted molar refractivity (Wildman–Crippen MR) is 57.6 cm³/mol. The molecule has 1 aliphatic carbocycles. The van der Waals surface area contributed by atoms with Crippen LogP contribution in [0.25, 0.3) is 0 Å². The second-order valence-corrected chi connectivity index (χ2v) is 4.69. The molecule has 2 nitrogen and oxygen atoms in total. The van der Waals surface area contributed by atoms with Crippen molar-refractivity contribution in [2.75, 3.05) is 13.1 Å². The fourth-order valence-corrected chi connectivity index (χ4v) is 2.07. The molecule has 1 fully saturated rings. The summed E-state index contributed by atoms with van der Waals surface area (Å²) in [4.78, 5) is 0. The van der Waals surface area contributed by atoms with Gasteiger partial charge in [-0.2, -0.15) is 0 Å². The van der Waals surface area contributed by atoms with Gasteiger partial charge in [0.15, 0.2) is 0 Å². The Morgan fingerprint density at radius 3 is 2.15 bits per heavy atom. The van der Waals surface area contributed by atoms with Crippen molar-refractivity contribution in [3.05, 3.63) is 0 Å². The molecule has 0 aromatic rings. The molecule has 0 radical (unpaired) electrons. The lowest BCUT2D eigenvalue weighted by Crippen LogP contribution is -2.32. The summed E-state index contributed by atoms with van der Waals surface area (Å²) in [7, 11) is 0. The number of hydrogen-bond donors (Lipinski definition) is 2. The molecule has 0 bridgehead atoms.